The summed E-state index contributed by atoms with van der Waals surface area (Å²) in [5.41, 5.74) is 0. The van der Waals surface area contributed by atoms with Crippen molar-refractivity contribution >= 4 is 5.91 Å². The lowest BCUT2D eigenvalue weighted by Crippen LogP contribution is -2.38. The molecule has 15 heavy (non-hydrogen) atoms. The van der Waals surface area contributed by atoms with Crippen LogP contribution >= 0.6 is 0 Å². The van der Waals surface area contributed by atoms with Crippen LogP contribution in [0.25, 0.3) is 0 Å². The van der Waals surface area contributed by atoms with Crippen LogP contribution in [0.2, 0.25) is 0 Å². The number of carbonyl (C=O) groups excluding carboxylic acids is 1. The van der Waals surface area contributed by atoms with Crippen LogP contribution in [0.15, 0.2) is 0 Å². The standard InChI is InChI=1S/C11H22N2O2/c1-2-5-12-9-11(14)13-8-10-3-6-15-7-4-10/h10,12H,2-9H2,1H3,(H,13,14). The zero-order valence-electron chi connectivity index (χ0n) is 9.55. The second-order valence-corrected chi connectivity index (χ2v) is 4.04. The largest absolute Gasteiger partial charge is 0.381 e. The summed E-state index contributed by atoms with van der Waals surface area (Å²) in [5.74, 6) is 0.712. The van der Waals surface area contributed by atoms with Crippen molar-refractivity contribution in [1.82, 2.24) is 10.6 Å². The van der Waals surface area contributed by atoms with Crippen molar-refractivity contribution in [2.75, 3.05) is 32.8 Å². The summed E-state index contributed by atoms with van der Waals surface area (Å²) in [5, 5.41) is 6.04. The van der Waals surface area contributed by atoms with E-state index in [0.29, 0.717) is 12.5 Å². The SMILES string of the molecule is CCCNCC(=O)NCC1CCOCC1. The number of hydrogen-bond donors (Lipinski definition) is 2. The average molecular weight is 214 g/mol. The van der Waals surface area contributed by atoms with Gasteiger partial charge in [0.15, 0.2) is 0 Å². The molecule has 0 saturated carbocycles. The molecule has 0 radical (unpaired) electrons. The lowest BCUT2D eigenvalue weighted by Gasteiger charge is -2.22. The van der Waals surface area contributed by atoms with Crippen molar-refractivity contribution in [2.45, 2.75) is 26.2 Å². The first-order valence-electron chi connectivity index (χ1n) is 5.88. The van der Waals surface area contributed by atoms with E-state index in [9.17, 15) is 4.79 Å². The highest BCUT2D eigenvalue weighted by Gasteiger charge is 2.14. The summed E-state index contributed by atoms with van der Waals surface area (Å²) in [6, 6.07) is 0. The average Bonchev–Trinajstić information content (AvgIpc) is 2.28. The molecule has 1 saturated heterocycles. The van der Waals surface area contributed by atoms with E-state index >= 15 is 0 Å². The minimum atomic E-state index is 0.106. The lowest BCUT2D eigenvalue weighted by molar-refractivity contribution is -0.120. The molecule has 0 aromatic rings. The van der Waals surface area contributed by atoms with Gasteiger partial charge in [-0.25, -0.2) is 0 Å². The van der Waals surface area contributed by atoms with Crippen LogP contribution in [-0.2, 0) is 9.53 Å². The van der Waals surface area contributed by atoms with Gasteiger partial charge in [0.05, 0.1) is 6.54 Å². The molecule has 0 atom stereocenters. The highest BCUT2D eigenvalue weighted by molar-refractivity contribution is 5.77. The maximum absolute atomic E-state index is 11.4. The molecule has 1 fully saturated rings. The molecule has 0 aromatic carbocycles. The van der Waals surface area contributed by atoms with Gasteiger partial charge in [0, 0.05) is 19.8 Å². The fourth-order valence-electron chi connectivity index (χ4n) is 1.65. The molecule has 0 aromatic heterocycles. The third-order valence-electron chi connectivity index (χ3n) is 2.64. The summed E-state index contributed by atoms with van der Waals surface area (Å²) in [6.45, 7) is 5.92. The van der Waals surface area contributed by atoms with Gasteiger partial charge in [0.2, 0.25) is 5.91 Å². The molecule has 0 spiro atoms. The molecule has 4 heteroatoms. The van der Waals surface area contributed by atoms with E-state index in [1.165, 1.54) is 0 Å². The fraction of sp³-hybridized carbons (Fsp3) is 0.909. The van der Waals surface area contributed by atoms with Crippen LogP contribution < -0.4 is 10.6 Å². The van der Waals surface area contributed by atoms with Crippen LogP contribution in [0.1, 0.15) is 26.2 Å². The van der Waals surface area contributed by atoms with Crippen LogP contribution in [-0.4, -0.2) is 38.8 Å². The molecule has 1 aliphatic heterocycles. The van der Waals surface area contributed by atoms with Crippen LogP contribution in [0, 0.1) is 5.92 Å². The van der Waals surface area contributed by atoms with E-state index in [-0.39, 0.29) is 5.91 Å². The second kappa shape index (κ2) is 7.65. The highest BCUT2D eigenvalue weighted by Crippen LogP contribution is 2.12. The molecule has 1 heterocycles. The Morgan fingerprint density at radius 2 is 2.13 bits per heavy atom. The Morgan fingerprint density at radius 3 is 2.80 bits per heavy atom. The molecule has 1 rings (SSSR count). The first-order chi connectivity index (χ1) is 7.33. The van der Waals surface area contributed by atoms with Gasteiger partial charge in [0.25, 0.3) is 0 Å². The Labute approximate surface area is 91.8 Å². The summed E-state index contributed by atoms with van der Waals surface area (Å²) >= 11 is 0. The van der Waals surface area contributed by atoms with Gasteiger partial charge in [-0.1, -0.05) is 6.92 Å². The molecule has 0 aliphatic carbocycles. The topological polar surface area (TPSA) is 50.4 Å². The smallest absolute Gasteiger partial charge is 0.233 e. The van der Waals surface area contributed by atoms with Crippen molar-refractivity contribution < 1.29 is 9.53 Å². The minimum absolute atomic E-state index is 0.106. The van der Waals surface area contributed by atoms with Gasteiger partial charge in [-0.3, -0.25) is 4.79 Å². The molecule has 2 N–H and O–H groups in total. The molecular formula is C11H22N2O2. The molecule has 0 unspecified atom stereocenters. The van der Waals surface area contributed by atoms with Gasteiger partial charge in [-0.15, -0.1) is 0 Å². The predicted octanol–water partition coefficient (Wildman–Crippen LogP) is 0.529. The van der Waals surface area contributed by atoms with E-state index in [0.717, 1.165) is 45.6 Å². The number of nitrogens with one attached hydrogen (secondary N) is 2. The molecule has 88 valence electrons. The van der Waals surface area contributed by atoms with Gasteiger partial charge in [0.1, 0.15) is 0 Å². The van der Waals surface area contributed by atoms with E-state index in [2.05, 4.69) is 17.6 Å². The van der Waals surface area contributed by atoms with Crippen LogP contribution in [0.3, 0.4) is 0 Å². The lowest BCUT2D eigenvalue weighted by atomic mass is 10.0. The summed E-state index contributed by atoms with van der Waals surface area (Å²) in [7, 11) is 0. The van der Waals surface area contributed by atoms with Crippen LogP contribution in [0.4, 0.5) is 0 Å². The highest BCUT2D eigenvalue weighted by atomic mass is 16.5. The number of rotatable bonds is 6. The first-order valence-corrected chi connectivity index (χ1v) is 5.88. The number of carbonyl (C=O) groups is 1. The quantitative estimate of drug-likeness (QED) is 0.634. The van der Waals surface area contributed by atoms with Crippen molar-refractivity contribution in [2.24, 2.45) is 5.92 Å². The van der Waals surface area contributed by atoms with Crippen molar-refractivity contribution in [3.8, 4) is 0 Å². The second-order valence-electron chi connectivity index (χ2n) is 4.04. The Kier molecular flexibility index (Phi) is 6.36. The molecular weight excluding hydrogens is 192 g/mol. The normalized spacial score (nSPS) is 17.7. The zero-order valence-corrected chi connectivity index (χ0v) is 9.55. The molecule has 0 bridgehead atoms. The Balaban J connectivity index is 2.00. The third kappa shape index (κ3) is 5.74. The summed E-state index contributed by atoms with van der Waals surface area (Å²) in [4.78, 5) is 11.4. The third-order valence-corrected chi connectivity index (χ3v) is 2.64. The van der Waals surface area contributed by atoms with E-state index < -0.39 is 0 Å². The number of amides is 1. The fourth-order valence-corrected chi connectivity index (χ4v) is 1.65. The maximum atomic E-state index is 11.4. The minimum Gasteiger partial charge on any atom is -0.381 e. The summed E-state index contributed by atoms with van der Waals surface area (Å²) in [6.07, 6.45) is 3.21. The molecule has 1 amide bonds. The Bertz CT molecular complexity index is 179. The van der Waals surface area contributed by atoms with Gasteiger partial charge in [-0.05, 0) is 31.7 Å². The van der Waals surface area contributed by atoms with Crippen molar-refractivity contribution in [3.05, 3.63) is 0 Å². The Morgan fingerprint density at radius 1 is 1.40 bits per heavy atom. The van der Waals surface area contributed by atoms with Crippen molar-refractivity contribution in [3.63, 3.8) is 0 Å². The number of hydrogen-bond acceptors (Lipinski definition) is 3. The Hall–Kier alpha value is -0.610. The van der Waals surface area contributed by atoms with Gasteiger partial charge >= 0.3 is 0 Å². The van der Waals surface area contributed by atoms with Gasteiger partial charge in [-0.2, -0.15) is 0 Å². The molecule has 4 nitrogen and oxygen atoms in total. The first kappa shape index (κ1) is 12.5. The van der Waals surface area contributed by atoms with E-state index in [1.807, 2.05) is 0 Å². The van der Waals surface area contributed by atoms with E-state index in [1.54, 1.807) is 0 Å². The van der Waals surface area contributed by atoms with Crippen molar-refractivity contribution in [1.29, 1.82) is 0 Å². The van der Waals surface area contributed by atoms with Crippen LogP contribution in [0.5, 0.6) is 0 Å². The maximum Gasteiger partial charge on any atom is 0.233 e. The van der Waals surface area contributed by atoms with E-state index in [4.69, 9.17) is 4.74 Å². The monoisotopic (exact) mass is 214 g/mol. The van der Waals surface area contributed by atoms with Gasteiger partial charge < -0.3 is 15.4 Å². The molecule has 1 aliphatic rings. The zero-order chi connectivity index (χ0) is 10.9. The number of ether oxygens (including phenoxy) is 1. The summed E-state index contributed by atoms with van der Waals surface area (Å²) < 4.78 is 5.26. The predicted molar refractivity (Wildman–Crippen MR) is 59.7 cm³/mol.